The summed E-state index contributed by atoms with van der Waals surface area (Å²) in [5.74, 6) is 5.94. The maximum Gasteiger partial charge on any atom is 0.128 e. The molecule has 19 heavy (non-hydrogen) atoms. The van der Waals surface area contributed by atoms with E-state index in [1.807, 2.05) is 12.4 Å². The fourth-order valence-corrected chi connectivity index (χ4v) is 5.17. The fraction of sp³-hybridized carbons (Fsp3) is 0.750. The summed E-state index contributed by atoms with van der Waals surface area (Å²) in [4.78, 5) is 9.02. The van der Waals surface area contributed by atoms with Gasteiger partial charge in [-0.1, -0.05) is 0 Å². The van der Waals surface area contributed by atoms with E-state index in [9.17, 15) is 0 Å². The summed E-state index contributed by atoms with van der Waals surface area (Å²) < 4.78 is 0. The first-order chi connectivity index (χ1) is 9.31. The minimum Gasteiger partial charge on any atom is -0.326 e. The second-order valence-electron chi connectivity index (χ2n) is 7.01. The molecule has 0 atom stereocenters. The molecule has 0 unspecified atom stereocenters. The van der Waals surface area contributed by atoms with Crippen LogP contribution in [0, 0.1) is 29.6 Å². The molecule has 0 amide bonds. The minimum absolute atomic E-state index is 0.540. The smallest absolute Gasteiger partial charge is 0.128 e. The number of aromatic nitrogens is 2. The molecule has 0 aliphatic heterocycles. The maximum atomic E-state index is 5.60. The van der Waals surface area contributed by atoms with E-state index in [0.717, 1.165) is 47.4 Å². The fourth-order valence-electron chi connectivity index (χ4n) is 5.17. The Kier molecular flexibility index (Phi) is 2.83. The molecule has 102 valence electrons. The zero-order valence-electron chi connectivity index (χ0n) is 11.5. The third-order valence-corrected chi connectivity index (χ3v) is 5.83. The van der Waals surface area contributed by atoms with Crippen LogP contribution in [-0.2, 0) is 13.0 Å². The standard InChI is InChI=1S/C16H23N3/c17-7-12-8-18-16(19-9-12)6-15-13-2-10-1-11(4-13)5-14(15)3-10/h8-11,13-15H,1-7,17H2. The van der Waals surface area contributed by atoms with Gasteiger partial charge >= 0.3 is 0 Å². The zero-order chi connectivity index (χ0) is 12.8. The average Bonchev–Trinajstić information content (AvgIpc) is 2.43. The lowest BCUT2D eigenvalue weighted by molar-refractivity contribution is -0.0367. The Morgan fingerprint density at radius 3 is 2.05 bits per heavy atom. The van der Waals surface area contributed by atoms with Gasteiger partial charge in [-0.3, -0.25) is 0 Å². The first-order valence-corrected chi connectivity index (χ1v) is 7.81. The third kappa shape index (κ3) is 2.08. The summed E-state index contributed by atoms with van der Waals surface area (Å²) in [5, 5.41) is 0. The lowest BCUT2D eigenvalue weighted by atomic mass is 9.51. The molecule has 0 aromatic carbocycles. The van der Waals surface area contributed by atoms with Crippen LogP contribution in [0.15, 0.2) is 12.4 Å². The van der Waals surface area contributed by atoms with Crippen molar-refractivity contribution in [2.75, 3.05) is 0 Å². The number of hydrogen-bond donors (Lipinski definition) is 1. The molecular weight excluding hydrogens is 234 g/mol. The van der Waals surface area contributed by atoms with Crippen molar-refractivity contribution in [2.24, 2.45) is 35.3 Å². The molecule has 4 fully saturated rings. The molecular formula is C16H23N3. The largest absolute Gasteiger partial charge is 0.326 e. The molecule has 0 saturated heterocycles. The highest BCUT2D eigenvalue weighted by Gasteiger charge is 2.48. The van der Waals surface area contributed by atoms with Gasteiger partial charge in [0.2, 0.25) is 0 Å². The molecule has 2 N–H and O–H groups in total. The quantitative estimate of drug-likeness (QED) is 0.905. The van der Waals surface area contributed by atoms with E-state index < -0.39 is 0 Å². The van der Waals surface area contributed by atoms with E-state index in [1.165, 1.54) is 32.1 Å². The Morgan fingerprint density at radius 2 is 1.53 bits per heavy atom. The predicted molar refractivity (Wildman–Crippen MR) is 74.2 cm³/mol. The highest BCUT2D eigenvalue weighted by molar-refractivity contribution is 5.06. The zero-order valence-corrected chi connectivity index (χ0v) is 11.5. The Bertz CT molecular complexity index is 426. The third-order valence-electron chi connectivity index (χ3n) is 5.83. The van der Waals surface area contributed by atoms with Gasteiger partial charge < -0.3 is 5.73 Å². The second-order valence-corrected chi connectivity index (χ2v) is 7.01. The van der Waals surface area contributed by atoms with Crippen molar-refractivity contribution in [3.05, 3.63) is 23.8 Å². The van der Waals surface area contributed by atoms with Gasteiger partial charge in [-0.25, -0.2) is 9.97 Å². The molecule has 5 rings (SSSR count). The van der Waals surface area contributed by atoms with Crippen LogP contribution >= 0.6 is 0 Å². The van der Waals surface area contributed by atoms with Crippen LogP contribution in [0.1, 0.15) is 43.5 Å². The number of nitrogens with two attached hydrogens (primary N) is 1. The normalized spacial score (nSPS) is 39.7. The van der Waals surface area contributed by atoms with Gasteiger partial charge in [0.1, 0.15) is 5.82 Å². The number of rotatable bonds is 3. The van der Waals surface area contributed by atoms with Crippen molar-refractivity contribution in [3.8, 4) is 0 Å². The van der Waals surface area contributed by atoms with Crippen molar-refractivity contribution >= 4 is 0 Å². The molecule has 4 bridgehead atoms. The molecule has 0 radical (unpaired) electrons. The first kappa shape index (κ1) is 11.8. The van der Waals surface area contributed by atoms with Gasteiger partial charge in [-0.2, -0.15) is 0 Å². The molecule has 4 saturated carbocycles. The van der Waals surface area contributed by atoms with E-state index in [4.69, 9.17) is 5.73 Å². The predicted octanol–water partition coefficient (Wildman–Crippen LogP) is 2.55. The van der Waals surface area contributed by atoms with Gasteiger partial charge in [0.15, 0.2) is 0 Å². The summed E-state index contributed by atoms with van der Waals surface area (Å²) >= 11 is 0. The highest BCUT2D eigenvalue weighted by Crippen LogP contribution is 2.57. The molecule has 1 aromatic heterocycles. The van der Waals surface area contributed by atoms with Gasteiger partial charge in [0, 0.05) is 30.9 Å². The lowest BCUT2D eigenvalue weighted by Gasteiger charge is -2.54. The summed E-state index contributed by atoms with van der Waals surface area (Å²) in [6.45, 7) is 0.540. The van der Waals surface area contributed by atoms with Gasteiger partial charge in [-0.05, 0) is 61.7 Å². The Balaban J connectivity index is 1.50. The van der Waals surface area contributed by atoms with E-state index in [2.05, 4.69) is 9.97 Å². The van der Waals surface area contributed by atoms with E-state index >= 15 is 0 Å². The average molecular weight is 257 g/mol. The van der Waals surface area contributed by atoms with Crippen molar-refractivity contribution in [3.63, 3.8) is 0 Å². The lowest BCUT2D eigenvalue weighted by Crippen LogP contribution is -2.45. The van der Waals surface area contributed by atoms with Crippen molar-refractivity contribution in [2.45, 2.75) is 45.1 Å². The molecule has 3 heteroatoms. The van der Waals surface area contributed by atoms with Crippen molar-refractivity contribution < 1.29 is 0 Å². The molecule has 1 heterocycles. The van der Waals surface area contributed by atoms with Crippen LogP contribution in [0.5, 0.6) is 0 Å². The van der Waals surface area contributed by atoms with Crippen LogP contribution in [0.4, 0.5) is 0 Å². The molecule has 4 aliphatic carbocycles. The Morgan fingerprint density at radius 1 is 0.947 bits per heavy atom. The van der Waals surface area contributed by atoms with Gasteiger partial charge in [0.05, 0.1) is 0 Å². The van der Waals surface area contributed by atoms with E-state index in [1.54, 1.807) is 0 Å². The van der Waals surface area contributed by atoms with Gasteiger partial charge in [-0.15, -0.1) is 0 Å². The van der Waals surface area contributed by atoms with Crippen molar-refractivity contribution in [1.82, 2.24) is 9.97 Å². The Labute approximate surface area is 115 Å². The summed E-state index contributed by atoms with van der Waals surface area (Å²) in [6, 6.07) is 0. The minimum atomic E-state index is 0.540. The monoisotopic (exact) mass is 257 g/mol. The van der Waals surface area contributed by atoms with E-state index in [-0.39, 0.29) is 0 Å². The second kappa shape index (κ2) is 4.55. The van der Waals surface area contributed by atoms with Crippen LogP contribution in [0.3, 0.4) is 0 Å². The van der Waals surface area contributed by atoms with Crippen LogP contribution in [-0.4, -0.2) is 9.97 Å². The summed E-state index contributed by atoms with van der Waals surface area (Å²) in [7, 11) is 0. The SMILES string of the molecule is NCc1cnc(CC2C3CC4CC(C3)CC2C4)nc1. The summed E-state index contributed by atoms with van der Waals surface area (Å²) in [5.41, 5.74) is 6.63. The molecule has 0 spiro atoms. The number of nitrogens with zero attached hydrogens (tertiary/aromatic N) is 2. The molecule has 4 aliphatic rings. The van der Waals surface area contributed by atoms with Crippen molar-refractivity contribution in [1.29, 1.82) is 0 Å². The maximum absolute atomic E-state index is 5.60. The molecule has 1 aromatic rings. The summed E-state index contributed by atoms with van der Waals surface area (Å²) in [6.07, 6.45) is 12.4. The first-order valence-electron chi connectivity index (χ1n) is 7.81. The van der Waals surface area contributed by atoms with E-state index in [0.29, 0.717) is 6.54 Å². The van der Waals surface area contributed by atoms with Crippen LogP contribution < -0.4 is 5.73 Å². The Hall–Kier alpha value is -0.960. The van der Waals surface area contributed by atoms with Crippen LogP contribution in [0.2, 0.25) is 0 Å². The molecule has 3 nitrogen and oxygen atoms in total. The highest BCUT2D eigenvalue weighted by atomic mass is 14.9. The number of hydrogen-bond acceptors (Lipinski definition) is 3. The van der Waals surface area contributed by atoms with Gasteiger partial charge in [0.25, 0.3) is 0 Å². The van der Waals surface area contributed by atoms with Crippen LogP contribution in [0.25, 0.3) is 0 Å². The topological polar surface area (TPSA) is 51.8 Å².